The van der Waals surface area contributed by atoms with Gasteiger partial charge in [-0.25, -0.2) is 8.42 Å². The van der Waals surface area contributed by atoms with Gasteiger partial charge in [-0.05, 0) is 56.3 Å². The van der Waals surface area contributed by atoms with Crippen LogP contribution >= 0.6 is 11.6 Å². The maximum atomic E-state index is 13.3. The highest BCUT2D eigenvalue weighted by Crippen LogP contribution is 2.26. The monoisotopic (exact) mass is 432 g/mol. The first-order valence-corrected chi connectivity index (χ1v) is 11.0. The van der Waals surface area contributed by atoms with Crippen LogP contribution in [0.15, 0.2) is 78.2 Å². The molecule has 0 atom stereocenters. The fourth-order valence-electron chi connectivity index (χ4n) is 2.82. The molecule has 5 nitrogen and oxygen atoms in total. The smallest absolute Gasteiger partial charge is 0.264 e. The molecule has 0 aliphatic rings. The summed E-state index contributed by atoms with van der Waals surface area (Å²) < 4.78 is 27.8. The molecule has 2 aromatic rings. The lowest BCUT2D eigenvalue weighted by Gasteiger charge is -2.24. The number of rotatable bonds is 9. The van der Waals surface area contributed by atoms with Gasteiger partial charge in [0.05, 0.1) is 17.1 Å². The molecular weight excluding hydrogens is 408 g/mol. The van der Waals surface area contributed by atoms with Crippen LogP contribution in [0.3, 0.4) is 0 Å². The zero-order valence-electron chi connectivity index (χ0n) is 16.6. The van der Waals surface area contributed by atoms with Crippen LogP contribution in [0.1, 0.15) is 24.2 Å². The van der Waals surface area contributed by atoms with Gasteiger partial charge in [0.2, 0.25) is 0 Å². The minimum atomic E-state index is -3.91. The standard InChI is InChI=1S/C22H25ClN2O3S/c1-5-14-25(20-12-10-19(23)11-13-20)29(27,28)21-9-7-8-18(15-21)22(26)24(6-2)16-17(3)4/h5,7-13,15H,1,3,6,14,16H2,2,4H3. The number of hydrogen-bond donors (Lipinski definition) is 0. The molecule has 0 radical (unpaired) electrons. The van der Waals surface area contributed by atoms with Gasteiger partial charge < -0.3 is 4.90 Å². The molecule has 7 heteroatoms. The summed E-state index contributed by atoms with van der Waals surface area (Å²) in [6.45, 7) is 12.2. The number of sulfonamides is 1. The van der Waals surface area contributed by atoms with Crippen molar-refractivity contribution in [2.45, 2.75) is 18.7 Å². The number of benzene rings is 2. The molecule has 29 heavy (non-hydrogen) atoms. The third-order valence-corrected chi connectivity index (χ3v) is 6.25. The van der Waals surface area contributed by atoms with Gasteiger partial charge in [0.15, 0.2) is 0 Å². The Bertz CT molecular complexity index is 1000. The highest BCUT2D eigenvalue weighted by atomic mass is 35.5. The van der Waals surface area contributed by atoms with Crippen molar-refractivity contribution in [2.24, 2.45) is 0 Å². The summed E-state index contributed by atoms with van der Waals surface area (Å²) in [7, 11) is -3.91. The number of likely N-dealkylation sites (N-methyl/N-ethyl adjacent to an activating group) is 1. The summed E-state index contributed by atoms with van der Waals surface area (Å²) in [5.74, 6) is -0.241. The number of anilines is 1. The van der Waals surface area contributed by atoms with Crippen molar-refractivity contribution in [1.29, 1.82) is 0 Å². The predicted octanol–water partition coefficient (Wildman–Crippen LogP) is 4.76. The van der Waals surface area contributed by atoms with E-state index < -0.39 is 10.0 Å². The van der Waals surface area contributed by atoms with Crippen LogP contribution in [0.4, 0.5) is 5.69 Å². The zero-order valence-corrected chi connectivity index (χ0v) is 18.2. The van der Waals surface area contributed by atoms with Gasteiger partial charge >= 0.3 is 0 Å². The number of halogens is 1. The fraction of sp³-hybridized carbons (Fsp3) is 0.227. The SMILES string of the molecule is C=CCN(c1ccc(Cl)cc1)S(=O)(=O)c1cccc(C(=O)N(CC)CC(=C)C)c1. The molecule has 0 unspecified atom stereocenters. The third kappa shape index (κ3) is 5.49. The topological polar surface area (TPSA) is 57.7 Å². The second kappa shape index (κ2) is 9.76. The number of hydrogen-bond acceptors (Lipinski definition) is 3. The Kier molecular flexibility index (Phi) is 7.65. The van der Waals surface area contributed by atoms with Gasteiger partial charge in [-0.3, -0.25) is 9.10 Å². The van der Waals surface area contributed by atoms with E-state index in [0.29, 0.717) is 29.4 Å². The quantitative estimate of drug-likeness (QED) is 0.537. The number of carbonyl (C=O) groups is 1. The van der Waals surface area contributed by atoms with E-state index in [1.165, 1.54) is 22.5 Å². The summed E-state index contributed by atoms with van der Waals surface area (Å²) >= 11 is 5.92. The summed E-state index contributed by atoms with van der Waals surface area (Å²) in [5, 5.41) is 0.509. The van der Waals surface area contributed by atoms with Crippen molar-refractivity contribution in [3.05, 3.63) is 83.9 Å². The molecular formula is C22H25ClN2O3S. The lowest BCUT2D eigenvalue weighted by Crippen LogP contribution is -2.33. The molecule has 0 spiro atoms. The molecule has 0 fully saturated rings. The lowest BCUT2D eigenvalue weighted by molar-refractivity contribution is 0.0778. The first-order valence-electron chi connectivity index (χ1n) is 9.13. The Balaban J connectivity index is 2.45. The number of amides is 1. The van der Waals surface area contributed by atoms with Crippen molar-refractivity contribution in [2.75, 3.05) is 23.9 Å². The second-order valence-corrected chi connectivity index (χ2v) is 8.90. The fourth-order valence-corrected chi connectivity index (χ4v) is 4.43. The van der Waals surface area contributed by atoms with E-state index in [0.717, 1.165) is 5.57 Å². The van der Waals surface area contributed by atoms with E-state index in [1.807, 2.05) is 13.8 Å². The molecule has 0 heterocycles. The Morgan fingerprint density at radius 3 is 2.38 bits per heavy atom. The summed E-state index contributed by atoms with van der Waals surface area (Å²) in [6.07, 6.45) is 1.51. The molecule has 2 rings (SSSR count). The van der Waals surface area contributed by atoms with Gasteiger partial charge in [0, 0.05) is 23.7 Å². The van der Waals surface area contributed by atoms with Crippen LogP contribution in [0.2, 0.25) is 5.02 Å². The Morgan fingerprint density at radius 2 is 1.83 bits per heavy atom. The molecule has 0 saturated heterocycles. The van der Waals surface area contributed by atoms with E-state index in [1.54, 1.807) is 41.3 Å². The van der Waals surface area contributed by atoms with E-state index in [-0.39, 0.29) is 17.3 Å². The van der Waals surface area contributed by atoms with Crippen molar-refractivity contribution >= 4 is 33.2 Å². The first kappa shape index (κ1) is 22.7. The predicted molar refractivity (Wildman–Crippen MR) is 119 cm³/mol. The van der Waals surface area contributed by atoms with Crippen LogP contribution in [0.5, 0.6) is 0 Å². The van der Waals surface area contributed by atoms with Crippen LogP contribution in [-0.2, 0) is 10.0 Å². The maximum Gasteiger partial charge on any atom is 0.264 e. The van der Waals surface area contributed by atoms with Crippen LogP contribution in [0.25, 0.3) is 0 Å². The van der Waals surface area contributed by atoms with Gasteiger partial charge in [0.1, 0.15) is 0 Å². The number of carbonyl (C=O) groups excluding carboxylic acids is 1. The highest BCUT2D eigenvalue weighted by molar-refractivity contribution is 7.92. The Labute approximate surface area is 178 Å². The van der Waals surface area contributed by atoms with E-state index in [4.69, 9.17) is 11.6 Å². The van der Waals surface area contributed by atoms with Gasteiger partial charge in [-0.1, -0.05) is 35.9 Å². The third-order valence-electron chi connectivity index (χ3n) is 4.21. The molecule has 0 aliphatic heterocycles. The molecule has 0 aliphatic carbocycles. The molecule has 0 N–H and O–H groups in total. The minimum Gasteiger partial charge on any atom is -0.335 e. The molecule has 0 bridgehead atoms. The molecule has 1 amide bonds. The van der Waals surface area contributed by atoms with E-state index in [9.17, 15) is 13.2 Å². The molecule has 2 aromatic carbocycles. The Hall–Kier alpha value is -2.57. The van der Waals surface area contributed by atoms with E-state index in [2.05, 4.69) is 13.2 Å². The normalized spacial score (nSPS) is 11.0. The average molecular weight is 433 g/mol. The highest BCUT2D eigenvalue weighted by Gasteiger charge is 2.25. The molecule has 154 valence electrons. The molecule has 0 aromatic heterocycles. The van der Waals surface area contributed by atoms with Crippen molar-refractivity contribution < 1.29 is 13.2 Å². The van der Waals surface area contributed by atoms with Crippen LogP contribution in [-0.4, -0.2) is 38.9 Å². The summed E-state index contributed by atoms with van der Waals surface area (Å²) in [5.41, 5.74) is 1.62. The largest absolute Gasteiger partial charge is 0.335 e. The zero-order chi connectivity index (χ0) is 21.6. The lowest BCUT2D eigenvalue weighted by atomic mass is 10.2. The summed E-state index contributed by atoms with van der Waals surface area (Å²) in [6, 6.07) is 12.6. The Morgan fingerprint density at radius 1 is 1.17 bits per heavy atom. The van der Waals surface area contributed by atoms with E-state index >= 15 is 0 Å². The summed E-state index contributed by atoms with van der Waals surface area (Å²) in [4.78, 5) is 14.5. The van der Waals surface area contributed by atoms with Gasteiger partial charge in [-0.2, -0.15) is 0 Å². The minimum absolute atomic E-state index is 0.0338. The number of nitrogens with zero attached hydrogens (tertiary/aromatic N) is 2. The van der Waals surface area contributed by atoms with Gasteiger partial charge in [-0.15, -0.1) is 6.58 Å². The van der Waals surface area contributed by atoms with Crippen LogP contribution < -0.4 is 4.31 Å². The average Bonchev–Trinajstić information content (AvgIpc) is 2.70. The van der Waals surface area contributed by atoms with Gasteiger partial charge in [0.25, 0.3) is 15.9 Å². The van der Waals surface area contributed by atoms with Crippen molar-refractivity contribution in [3.63, 3.8) is 0 Å². The maximum absolute atomic E-state index is 13.3. The van der Waals surface area contributed by atoms with Crippen LogP contribution in [0, 0.1) is 0 Å². The van der Waals surface area contributed by atoms with Crippen molar-refractivity contribution in [1.82, 2.24) is 4.90 Å². The first-order chi connectivity index (χ1) is 13.7. The van der Waals surface area contributed by atoms with Crippen molar-refractivity contribution in [3.8, 4) is 0 Å². The molecule has 0 saturated carbocycles. The second-order valence-electron chi connectivity index (χ2n) is 6.61.